The van der Waals surface area contributed by atoms with Crippen LogP contribution in [0.3, 0.4) is 0 Å². The summed E-state index contributed by atoms with van der Waals surface area (Å²) in [5.41, 5.74) is -1.15. The first kappa shape index (κ1) is 14.0. The molecule has 3 nitrogen and oxygen atoms in total. The van der Waals surface area contributed by atoms with Gasteiger partial charge in [0.2, 0.25) is 0 Å². The van der Waals surface area contributed by atoms with Gasteiger partial charge in [-0.05, 0) is 23.8 Å². The Labute approximate surface area is 96.8 Å². The van der Waals surface area contributed by atoms with Crippen molar-refractivity contribution >= 4 is 9.84 Å². The number of sulfone groups is 1. The molecule has 0 heterocycles. The maximum absolute atomic E-state index is 12.5. The van der Waals surface area contributed by atoms with Crippen molar-refractivity contribution < 1.29 is 26.7 Å². The van der Waals surface area contributed by atoms with Gasteiger partial charge in [0.05, 0.1) is 22.8 Å². The predicted octanol–water partition coefficient (Wildman–Crippen LogP) is 1.99. The van der Waals surface area contributed by atoms with Crippen molar-refractivity contribution in [3.63, 3.8) is 0 Å². The summed E-state index contributed by atoms with van der Waals surface area (Å²) in [4.78, 5) is -0.418. The molecule has 0 amide bonds. The van der Waals surface area contributed by atoms with Gasteiger partial charge in [-0.3, -0.25) is 0 Å². The van der Waals surface area contributed by atoms with Crippen LogP contribution in [0, 0.1) is 0 Å². The average molecular weight is 268 g/mol. The normalized spacial score (nSPS) is 12.8. The Morgan fingerprint density at radius 3 is 2.24 bits per heavy atom. The number of benzene rings is 1. The fourth-order valence-corrected chi connectivity index (χ4v) is 2.23. The van der Waals surface area contributed by atoms with E-state index in [2.05, 4.69) is 0 Å². The third kappa shape index (κ3) is 3.19. The summed E-state index contributed by atoms with van der Waals surface area (Å²) in [6.07, 6.45) is -4.64. The fourth-order valence-electron chi connectivity index (χ4n) is 1.26. The maximum atomic E-state index is 12.5. The highest BCUT2D eigenvalue weighted by molar-refractivity contribution is 7.91. The second-order valence-electron chi connectivity index (χ2n) is 3.42. The number of hydrogen-bond donors (Lipinski definition) is 1. The highest BCUT2D eigenvalue weighted by Gasteiger charge is 2.32. The van der Waals surface area contributed by atoms with Crippen LogP contribution in [0.25, 0.3) is 0 Å². The lowest BCUT2D eigenvalue weighted by molar-refractivity contribution is -0.137. The monoisotopic (exact) mass is 268 g/mol. The minimum Gasteiger partial charge on any atom is -0.392 e. The maximum Gasteiger partial charge on any atom is 0.416 e. The van der Waals surface area contributed by atoms with Gasteiger partial charge in [-0.2, -0.15) is 13.2 Å². The molecule has 7 heteroatoms. The molecular formula is C10H11F3O3S. The molecule has 0 radical (unpaired) electrons. The molecule has 0 aliphatic heterocycles. The first-order valence-electron chi connectivity index (χ1n) is 4.75. The molecule has 96 valence electrons. The highest BCUT2D eigenvalue weighted by atomic mass is 32.2. The number of rotatable bonds is 3. The van der Waals surface area contributed by atoms with Gasteiger partial charge >= 0.3 is 6.18 Å². The van der Waals surface area contributed by atoms with Gasteiger partial charge in [0.1, 0.15) is 0 Å². The molecule has 0 spiro atoms. The van der Waals surface area contributed by atoms with E-state index in [4.69, 9.17) is 5.11 Å². The lowest BCUT2D eigenvalue weighted by Crippen LogP contribution is -2.10. The fraction of sp³-hybridized carbons (Fsp3) is 0.400. The Bertz CT molecular complexity index is 506. The van der Waals surface area contributed by atoms with Crippen LogP contribution in [0.15, 0.2) is 23.1 Å². The Kier molecular flexibility index (Phi) is 3.83. The average Bonchev–Trinajstić information content (AvgIpc) is 2.27. The first-order valence-corrected chi connectivity index (χ1v) is 6.40. The quantitative estimate of drug-likeness (QED) is 0.912. The predicted molar refractivity (Wildman–Crippen MR) is 55.1 cm³/mol. The van der Waals surface area contributed by atoms with E-state index < -0.39 is 33.1 Å². The van der Waals surface area contributed by atoms with Crippen LogP contribution >= 0.6 is 0 Å². The Morgan fingerprint density at radius 1 is 1.24 bits per heavy atom. The zero-order chi connectivity index (χ0) is 13.3. The van der Waals surface area contributed by atoms with Gasteiger partial charge in [0.15, 0.2) is 9.84 Å². The third-order valence-electron chi connectivity index (χ3n) is 2.22. The minimum atomic E-state index is -4.64. The molecule has 0 atom stereocenters. The molecule has 0 saturated carbocycles. The van der Waals surface area contributed by atoms with Crippen LogP contribution in [-0.4, -0.2) is 19.3 Å². The van der Waals surface area contributed by atoms with Crippen molar-refractivity contribution in [3.8, 4) is 0 Å². The van der Waals surface area contributed by atoms with Crippen LogP contribution in [-0.2, 0) is 22.6 Å². The summed E-state index contributed by atoms with van der Waals surface area (Å²) in [6, 6.07) is 2.36. The SMILES string of the molecule is CCS(=O)(=O)c1cc(CO)cc(C(F)(F)F)c1. The van der Waals surface area contributed by atoms with Crippen molar-refractivity contribution in [2.45, 2.75) is 24.6 Å². The Hall–Kier alpha value is -1.08. The number of alkyl halides is 3. The molecule has 1 aromatic carbocycles. The summed E-state index contributed by atoms with van der Waals surface area (Å²) < 4.78 is 60.5. The lowest BCUT2D eigenvalue weighted by Gasteiger charge is -2.11. The van der Waals surface area contributed by atoms with Gasteiger partial charge < -0.3 is 5.11 Å². The second kappa shape index (κ2) is 4.66. The number of aliphatic hydroxyl groups excluding tert-OH is 1. The Morgan fingerprint density at radius 2 is 1.82 bits per heavy atom. The number of aliphatic hydroxyl groups is 1. The number of hydrogen-bond acceptors (Lipinski definition) is 3. The molecule has 0 fully saturated rings. The van der Waals surface area contributed by atoms with Gasteiger partial charge in [0, 0.05) is 0 Å². The summed E-state index contributed by atoms with van der Waals surface area (Å²) in [5, 5.41) is 8.83. The van der Waals surface area contributed by atoms with E-state index in [0.717, 1.165) is 12.1 Å². The van der Waals surface area contributed by atoms with E-state index in [1.54, 1.807) is 0 Å². The molecular weight excluding hydrogens is 257 g/mol. The van der Waals surface area contributed by atoms with Crippen LogP contribution in [0.4, 0.5) is 13.2 Å². The second-order valence-corrected chi connectivity index (χ2v) is 5.70. The number of halogens is 3. The first-order chi connectivity index (χ1) is 7.70. The molecule has 0 aromatic heterocycles. The van der Waals surface area contributed by atoms with E-state index in [0.29, 0.717) is 6.07 Å². The van der Waals surface area contributed by atoms with E-state index in [-0.39, 0.29) is 11.3 Å². The summed E-state index contributed by atoms with van der Waals surface area (Å²) >= 11 is 0. The zero-order valence-corrected chi connectivity index (χ0v) is 9.77. The van der Waals surface area contributed by atoms with E-state index in [1.165, 1.54) is 6.92 Å². The topological polar surface area (TPSA) is 54.4 Å². The van der Waals surface area contributed by atoms with Crippen LogP contribution in [0.5, 0.6) is 0 Å². The summed E-state index contributed by atoms with van der Waals surface area (Å²) in [6.45, 7) is 0.699. The smallest absolute Gasteiger partial charge is 0.392 e. The van der Waals surface area contributed by atoms with Gasteiger partial charge in [-0.1, -0.05) is 6.92 Å². The molecule has 1 aromatic rings. The Balaban J connectivity index is 3.44. The van der Waals surface area contributed by atoms with Crippen molar-refractivity contribution in [1.29, 1.82) is 0 Å². The summed E-state index contributed by atoms with van der Waals surface area (Å²) in [7, 11) is -3.72. The minimum absolute atomic E-state index is 0.0770. The van der Waals surface area contributed by atoms with Crippen molar-refractivity contribution in [3.05, 3.63) is 29.3 Å². The van der Waals surface area contributed by atoms with E-state index >= 15 is 0 Å². The van der Waals surface area contributed by atoms with Crippen molar-refractivity contribution in [1.82, 2.24) is 0 Å². The van der Waals surface area contributed by atoms with Gasteiger partial charge in [0.25, 0.3) is 0 Å². The van der Waals surface area contributed by atoms with E-state index in [9.17, 15) is 21.6 Å². The van der Waals surface area contributed by atoms with Gasteiger partial charge in [-0.25, -0.2) is 8.42 Å². The van der Waals surface area contributed by atoms with Crippen LogP contribution in [0.2, 0.25) is 0 Å². The largest absolute Gasteiger partial charge is 0.416 e. The molecule has 0 aliphatic carbocycles. The molecule has 1 rings (SSSR count). The molecule has 0 aliphatic rings. The standard InChI is InChI=1S/C10H11F3O3S/c1-2-17(15,16)9-4-7(6-14)3-8(5-9)10(11,12)13/h3-5,14H,2,6H2,1H3. The van der Waals surface area contributed by atoms with Crippen LogP contribution < -0.4 is 0 Å². The van der Waals surface area contributed by atoms with Crippen molar-refractivity contribution in [2.75, 3.05) is 5.75 Å². The molecule has 0 saturated heterocycles. The lowest BCUT2D eigenvalue weighted by atomic mass is 10.1. The highest BCUT2D eigenvalue weighted by Crippen LogP contribution is 2.32. The van der Waals surface area contributed by atoms with E-state index in [1.807, 2.05) is 0 Å². The molecule has 1 N–H and O–H groups in total. The van der Waals surface area contributed by atoms with Gasteiger partial charge in [-0.15, -0.1) is 0 Å². The molecule has 17 heavy (non-hydrogen) atoms. The van der Waals surface area contributed by atoms with Crippen LogP contribution in [0.1, 0.15) is 18.1 Å². The summed E-state index contributed by atoms with van der Waals surface area (Å²) in [5.74, 6) is -0.292. The molecule has 0 bridgehead atoms. The zero-order valence-electron chi connectivity index (χ0n) is 8.95. The third-order valence-corrected chi connectivity index (χ3v) is 3.93. The molecule has 0 unspecified atom stereocenters. The van der Waals surface area contributed by atoms with Crippen molar-refractivity contribution in [2.24, 2.45) is 0 Å².